The van der Waals surface area contributed by atoms with Gasteiger partial charge >= 0.3 is 5.97 Å². The molecule has 0 bridgehead atoms. The summed E-state index contributed by atoms with van der Waals surface area (Å²) in [7, 11) is 0. The van der Waals surface area contributed by atoms with E-state index in [0.717, 1.165) is 24.9 Å². The molecule has 1 atom stereocenters. The second-order valence-corrected chi connectivity index (χ2v) is 6.48. The third-order valence-corrected chi connectivity index (χ3v) is 4.84. The van der Waals surface area contributed by atoms with Crippen LogP contribution in [0.4, 0.5) is 0 Å². The monoisotopic (exact) mass is 317 g/mol. The Bertz CT molecular complexity index is 580. The van der Waals surface area contributed by atoms with Crippen LogP contribution in [0.5, 0.6) is 0 Å². The van der Waals surface area contributed by atoms with Gasteiger partial charge in [0.25, 0.3) is 5.91 Å². The molecule has 1 amide bonds. The van der Waals surface area contributed by atoms with Gasteiger partial charge in [0, 0.05) is 19.5 Å². The van der Waals surface area contributed by atoms with Crippen LogP contribution in [-0.2, 0) is 16.0 Å². The number of amides is 1. The molecule has 4 nitrogen and oxygen atoms in total. The zero-order chi connectivity index (χ0) is 17.0. The number of nitrogens with zero attached hydrogens (tertiary/aromatic N) is 1. The van der Waals surface area contributed by atoms with Crippen LogP contribution in [0.1, 0.15) is 56.5 Å². The second-order valence-electron chi connectivity index (χ2n) is 6.48. The lowest BCUT2D eigenvalue weighted by Crippen LogP contribution is -2.54. The first-order valence-corrected chi connectivity index (χ1v) is 8.55. The number of ether oxygens (including phenoxy) is 1. The highest BCUT2D eigenvalue weighted by atomic mass is 16.6. The number of esters is 1. The lowest BCUT2D eigenvalue weighted by Gasteiger charge is -2.37. The van der Waals surface area contributed by atoms with Crippen LogP contribution >= 0.6 is 0 Å². The van der Waals surface area contributed by atoms with E-state index in [-0.39, 0.29) is 5.91 Å². The van der Waals surface area contributed by atoms with Crippen LogP contribution in [0.15, 0.2) is 24.3 Å². The van der Waals surface area contributed by atoms with Crippen molar-refractivity contribution in [2.75, 3.05) is 13.1 Å². The molecule has 1 aliphatic rings. The van der Waals surface area contributed by atoms with Crippen molar-refractivity contribution in [3.8, 4) is 0 Å². The van der Waals surface area contributed by atoms with E-state index in [1.54, 1.807) is 13.0 Å². The third kappa shape index (κ3) is 3.57. The van der Waals surface area contributed by atoms with Gasteiger partial charge in [-0.25, -0.2) is 4.79 Å². The van der Waals surface area contributed by atoms with E-state index in [1.807, 2.05) is 30.0 Å². The maximum Gasteiger partial charge on any atom is 0.339 e. The lowest BCUT2D eigenvalue weighted by molar-refractivity contribution is -0.151. The Labute approximate surface area is 138 Å². The highest BCUT2D eigenvalue weighted by Gasteiger charge is 2.44. The van der Waals surface area contributed by atoms with E-state index in [1.165, 1.54) is 0 Å². The Morgan fingerprint density at radius 1 is 1.26 bits per heavy atom. The first-order valence-electron chi connectivity index (χ1n) is 8.55. The van der Waals surface area contributed by atoms with Crippen molar-refractivity contribution in [3.63, 3.8) is 0 Å². The van der Waals surface area contributed by atoms with Crippen molar-refractivity contribution in [3.05, 3.63) is 35.4 Å². The molecule has 23 heavy (non-hydrogen) atoms. The van der Waals surface area contributed by atoms with Crippen LogP contribution in [-0.4, -0.2) is 35.5 Å². The Kier molecular flexibility index (Phi) is 5.45. The number of rotatable bonds is 6. The molecule has 2 rings (SSSR count). The minimum atomic E-state index is -1.10. The summed E-state index contributed by atoms with van der Waals surface area (Å²) >= 11 is 0. The van der Waals surface area contributed by atoms with Crippen molar-refractivity contribution in [2.24, 2.45) is 5.92 Å². The molecule has 1 aliphatic heterocycles. The van der Waals surface area contributed by atoms with E-state index in [2.05, 4.69) is 13.8 Å². The molecular weight excluding hydrogens is 290 g/mol. The van der Waals surface area contributed by atoms with Gasteiger partial charge in [-0.2, -0.15) is 0 Å². The van der Waals surface area contributed by atoms with Crippen molar-refractivity contribution >= 4 is 11.9 Å². The van der Waals surface area contributed by atoms with Crippen LogP contribution in [0, 0.1) is 5.92 Å². The van der Waals surface area contributed by atoms with E-state index < -0.39 is 11.6 Å². The largest absolute Gasteiger partial charge is 0.445 e. The minimum Gasteiger partial charge on any atom is -0.445 e. The SMILES string of the molecule is CCC(CC)CN(CC)C(=O)C1(C)Cc2ccccc2C(=O)O1. The first kappa shape index (κ1) is 17.5. The molecular formula is C19H27NO3. The van der Waals surface area contributed by atoms with Crippen LogP contribution in [0.25, 0.3) is 0 Å². The molecule has 0 saturated heterocycles. The van der Waals surface area contributed by atoms with Crippen molar-refractivity contribution in [1.29, 1.82) is 0 Å². The van der Waals surface area contributed by atoms with Crippen LogP contribution in [0.2, 0.25) is 0 Å². The summed E-state index contributed by atoms with van der Waals surface area (Å²) in [6.07, 6.45) is 2.52. The molecule has 0 fully saturated rings. The average Bonchev–Trinajstić information content (AvgIpc) is 2.55. The molecule has 1 heterocycles. The van der Waals surface area contributed by atoms with Gasteiger partial charge in [-0.3, -0.25) is 4.79 Å². The quantitative estimate of drug-likeness (QED) is 0.755. The zero-order valence-corrected chi connectivity index (χ0v) is 14.6. The predicted octanol–water partition coefficient (Wildman–Crippen LogP) is 3.44. The molecule has 4 heteroatoms. The lowest BCUT2D eigenvalue weighted by atomic mass is 9.88. The fourth-order valence-corrected chi connectivity index (χ4v) is 3.20. The van der Waals surface area contributed by atoms with Gasteiger partial charge in [0.05, 0.1) is 5.56 Å². The molecule has 0 N–H and O–H groups in total. The first-order chi connectivity index (χ1) is 10.9. The molecule has 1 aromatic rings. The maximum atomic E-state index is 13.0. The number of benzene rings is 1. The fraction of sp³-hybridized carbons (Fsp3) is 0.579. The topological polar surface area (TPSA) is 46.6 Å². The number of likely N-dealkylation sites (N-methyl/N-ethyl adjacent to an activating group) is 1. The number of fused-ring (bicyclic) bond motifs is 1. The average molecular weight is 317 g/mol. The van der Waals surface area contributed by atoms with Gasteiger partial charge < -0.3 is 9.64 Å². The molecule has 0 aromatic heterocycles. The molecule has 0 radical (unpaired) electrons. The number of hydrogen-bond donors (Lipinski definition) is 0. The van der Waals surface area contributed by atoms with Crippen molar-refractivity contribution < 1.29 is 14.3 Å². The summed E-state index contributed by atoms with van der Waals surface area (Å²) in [5.74, 6) is -0.00915. The van der Waals surface area contributed by atoms with Gasteiger partial charge in [-0.05, 0) is 31.4 Å². The van der Waals surface area contributed by atoms with Gasteiger partial charge in [0.1, 0.15) is 0 Å². The van der Waals surface area contributed by atoms with Crippen molar-refractivity contribution in [1.82, 2.24) is 4.90 Å². The number of cyclic esters (lactones) is 1. The Hall–Kier alpha value is -1.84. The smallest absolute Gasteiger partial charge is 0.339 e. The van der Waals surface area contributed by atoms with E-state index in [0.29, 0.717) is 24.4 Å². The summed E-state index contributed by atoms with van der Waals surface area (Å²) in [4.78, 5) is 27.1. The van der Waals surface area contributed by atoms with Gasteiger partial charge in [-0.15, -0.1) is 0 Å². The molecule has 0 spiro atoms. The molecule has 0 aliphatic carbocycles. The summed E-state index contributed by atoms with van der Waals surface area (Å²) in [6.45, 7) is 9.35. The van der Waals surface area contributed by atoms with E-state index in [4.69, 9.17) is 4.74 Å². The highest BCUT2D eigenvalue weighted by molar-refractivity contribution is 5.97. The summed E-state index contributed by atoms with van der Waals surface area (Å²) in [5, 5.41) is 0. The standard InChI is InChI=1S/C19H27NO3/c1-5-14(6-2)13-20(7-3)18(22)19(4)12-15-10-8-9-11-16(15)17(21)23-19/h8-11,14H,5-7,12-13H2,1-4H3. The highest BCUT2D eigenvalue weighted by Crippen LogP contribution is 2.30. The normalized spacial score (nSPS) is 20.1. The van der Waals surface area contributed by atoms with Crippen LogP contribution < -0.4 is 0 Å². The molecule has 0 saturated carbocycles. The van der Waals surface area contributed by atoms with Gasteiger partial charge in [0.15, 0.2) is 5.60 Å². The van der Waals surface area contributed by atoms with Gasteiger partial charge in [-0.1, -0.05) is 44.9 Å². The van der Waals surface area contributed by atoms with Gasteiger partial charge in [0.2, 0.25) is 0 Å². The number of carbonyl (C=O) groups excluding carboxylic acids is 2. The van der Waals surface area contributed by atoms with Crippen molar-refractivity contribution in [2.45, 2.75) is 52.6 Å². The maximum absolute atomic E-state index is 13.0. The molecule has 126 valence electrons. The molecule has 1 aromatic carbocycles. The van der Waals surface area contributed by atoms with E-state index >= 15 is 0 Å². The van der Waals surface area contributed by atoms with E-state index in [9.17, 15) is 9.59 Å². The summed E-state index contributed by atoms with van der Waals surface area (Å²) in [5.41, 5.74) is 0.354. The summed E-state index contributed by atoms with van der Waals surface area (Å²) in [6, 6.07) is 7.36. The predicted molar refractivity (Wildman–Crippen MR) is 90.3 cm³/mol. The Balaban J connectivity index is 2.22. The minimum absolute atomic E-state index is 0.0882. The fourth-order valence-electron chi connectivity index (χ4n) is 3.20. The third-order valence-electron chi connectivity index (χ3n) is 4.84. The molecule has 1 unspecified atom stereocenters. The number of carbonyl (C=O) groups is 2. The second kappa shape index (κ2) is 7.16. The Morgan fingerprint density at radius 2 is 1.91 bits per heavy atom. The van der Waals surface area contributed by atoms with Crippen LogP contribution in [0.3, 0.4) is 0 Å². The number of hydrogen-bond acceptors (Lipinski definition) is 3. The Morgan fingerprint density at radius 3 is 2.52 bits per heavy atom. The summed E-state index contributed by atoms with van der Waals surface area (Å²) < 4.78 is 5.56. The zero-order valence-electron chi connectivity index (χ0n) is 14.6.